The van der Waals surface area contributed by atoms with E-state index in [0.29, 0.717) is 28.4 Å². The van der Waals surface area contributed by atoms with Crippen LogP contribution < -0.4 is 10.2 Å². The number of benzene rings is 1. The second-order valence-corrected chi connectivity index (χ2v) is 6.85. The number of halogens is 1. The summed E-state index contributed by atoms with van der Waals surface area (Å²) >= 11 is 5.97. The fourth-order valence-electron chi connectivity index (χ4n) is 3.25. The van der Waals surface area contributed by atoms with Crippen LogP contribution >= 0.6 is 11.6 Å². The first-order chi connectivity index (χ1) is 12.1. The number of nitrogens with one attached hydrogen (secondary N) is 1. The molecule has 25 heavy (non-hydrogen) atoms. The van der Waals surface area contributed by atoms with E-state index in [4.69, 9.17) is 11.6 Å². The SMILES string of the molecule is CCC1CCCCN1c1nc(C)cc(C(=O)Nc2cccc(Cl)c2)n1. The molecule has 0 aliphatic carbocycles. The number of amides is 1. The van der Waals surface area contributed by atoms with Crippen LogP contribution in [0.1, 0.15) is 48.8 Å². The zero-order valence-electron chi connectivity index (χ0n) is 14.6. The van der Waals surface area contributed by atoms with Crippen LogP contribution in [-0.4, -0.2) is 28.5 Å². The van der Waals surface area contributed by atoms with Gasteiger partial charge in [-0.2, -0.15) is 0 Å². The largest absolute Gasteiger partial charge is 0.338 e. The molecule has 1 aliphatic heterocycles. The monoisotopic (exact) mass is 358 g/mol. The minimum atomic E-state index is -0.251. The Hall–Kier alpha value is -2.14. The summed E-state index contributed by atoms with van der Waals surface area (Å²) in [5.74, 6) is 0.405. The lowest BCUT2D eigenvalue weighted by Crippen LogP contribution is -2.40. The van der Waals surface area contributed by atoms with Crippen LogP contribution in [0.2, 0.25) is 5.02 Å². The van der Waals surface area contributed by atoms with Gasteiger partial charge in [0.2, 0.25) is 5.95 Å². The van der Waals surface area contributed by atoms with Gasteiger partial charge in [0.15, 0.2) is 0 Å². The lowest BCUT2D eigenvalue weighted by molar-refractivity contribution is 0.102. The number of aromatic nitrogens is 2. The van der Waals surface area contributed by atoms with Gasteiger partial charge in [-0.05, 0) is 56.9 Å². The Morgan fingerprint density at radius 3 is 2.92 bits per heavy atom. The van der Waals surface area contributed by atoms with E-state index in [1.54, 1.807) is 30.3 Å². The fraction of sp³-hybridized carbons (Fsp3) is 0.421. The minimum absolute atomic E-state index is 0.251. The van der Waals surface area contributed by atoms with Crippen molar-refractivity contribution in [3.63, 3.8) is 0 Å². The van der Waals surface area contributed by atoms with E-state index in [-0.39, 0.29) is 5.91 Å². The first-order valence-corrected chi connectivity index (χ1v) is 9.14. The predicted octanol–water partition coefficient (Wildman–Crippen LogP) is 4.46. The lowest BCUT2D eigenvalue weighted by atomic mass is 10.0. The number of hydrogen-bond acceptors (Lipinski definition) is 4. The van der Waals surface area contributed by atoms with E-state index in [0.717, 1.165) is 31.5 Å². The molecule has 1 unspecified atom stereocenters. The van der Waals surface area contributed by atoms with Crippen molar-refractivity contribution in [2.45, 2.75) is 45.6 Å². The topological polar surface area (TPSA) is 58.1 Å². The van der Waals surface area contributed by atoms with E-state index in [1.807, 2.05) is 6.92 Å². The van der Waals surface area contributed by atoms with Crippen LogP contribution in [0.3, 0.4) is 0 Å². The molecule has 2 aromatic rings. The van der Waals surface area contributed by atoms with Gasteiger partial charge in [0, 0.05) is 29.0 Å². The third kappa shape index (κ3) is 4.28. The Morgan fingerprint density at radius 2 is 2.16 bits per heavy atom. The number of aryl methyl sites for hydroxylation is 1. The maximum atomic E-state index is 12.6. The van der Waals surface area contributed by atoms with Crippen LogP contribution in [-0.2, 0) is 0 Å². The molecule has 0 bridgehead atoms. The summed E-state index contributed by atoms with van der Waals surface area (Å²) in [6.07, 6.45) is 4.58. The standard InChI is InChI=1S/C19H23ClN4O/c1-3-16-9-4-5-10-24(16)19-21-13(2)11-17(23-19)18(25)22-15-8-6-7-14(20)12-15/h6-8,11-12,16H,3-5,9-10H2,1-2H3,(H,22,25). The molecule has 5 nitrogen and oxygen atoms in total. The van der Waals surface area contributed by atoms with Gasteiger partial charge in [-0.3, -0.25) is 4.79 Å². The predicted molar refractivity (Wildman–Crippen MR) is 101 cm³/mol. The van der Waals surface area contributed by atoms with Gasteiger partial charge in [0.05, 0.1) is 0 Å². The van der Waals surface area contributed by atoms with Crippen LogP contribution in [0.5, 0.6) is 0 Å². The Balaban J connectivity index is 1.84. The van der Waals surface area contributed by atoms with Crippen molar-refractivity contribution in [2.75, 3.05) is 16.8 Å². The Morgan fingerprint density at radius 1 is 1.32 bits per heavy atom. The van der Waals surface area contributed by atoms with Crippen molar-refractivity contribution in [1.82, 2.24) is 9.97 Å². The summed E-state index contributed by atoms with van der Waals surface area (Å²) in [6, 6.07) is 9.25. The molecule has 1 atom stereocenters. The van der Waals surface area contributed by atoms with Gasteiger partial charge in [-0.25, -0.2) is 9.97 Å². The summed E-state index contributed by atoms with van der Waals surface area (Å²) in [4.78, 5) is 24.0. The smallest absolute Gasteiger partial charge is 0.274 e. The first kappa shape index (κ1) is 17.7. The Bertz CT molecular complexity index is 765. The van der Waals surface area contributed by atoms with Crippen molar-refractivity contribution in [3.05, 3.63) is 46.7 Å². The van der Waals surface area contributed by atoms with Gasteiger partial charge in [0.1, 0.15) is 5.69 Å². The van der Waals surface area contributed by atoms with Crippen LogP contribution in [0, 0.1) is 6.92 Å². The minimum Gasteiger partial charge on any atom is -0.338 e. The van der Waals surface area contributed by atoms with Crippen molar-refractivity contribution in [3.8, 4) is 0 Å². The maximum Gasteiger partial charge on any atom is 0.274 e. The number of anilines is 2. The lowest BCUT2D eigenvalue weighted by Gasteiger charge is -2.35. The van der Waals surface area contributed by atoms with Crippen LogP contribution in [0.4, 0.5) is 11.6 Å². The van der Waals surface area contributed by atoms with E-state index in [1.165, 1.54) is 6.42 Å². The normalized spacial score (nSPS) is 17.4. The third-order valence-corrected chi connectivity index (χ3v) is 4.75. The van der Waals surface area contributed by atoms with Crippen molar-refractivity contribution in [2.24, 2.45) is 0 Å². The van der Waals surface area contributed by atoms with Crippen LogP contribution in [0.15, 0.2) is 30.3 Å². The second kappa shape index (κ2) is 7.83. The third-order valence-electron chi connectivity index (χ3n) is 4.51. The van der Waals surface area contributed by atoms with Crippen molar-refractivity contribution >= 4 is 29.1 Å². The molecule has 1 aliphatic rings. The van der Waals surface area contributed by atoms with E-state index in [2.05, 4.69) is 27.1 Å². The van der Waals surface area contributed by atoms with Gasteiger partial charge in [0.25, 0.3) is 5.91 Å². The zero-order valence-corrected chi connectivity index (χ0v) is 15.4. The Kier molecular flexibility index (Phi) is 5.53. The second-order valence-electron chi connectivity index (χ2n) is 6.41. The molecule has 1 N–H and O–H groups in total. The highest BCUT2D eigenvalue weighted by Gasteiger charge is 2.24. The number of rotatable bonds is 4. The number of nitrogens with zero attached hydrogens (tertiary/aromatic N) is 3. The molecule has 1 aromatic heterocycles. The van der Waals surface area contributed by atoms with Gasteiger partial charge >= 0.3 is 0 Å². The molecular formula is C19H23ClN4O. The average molecular weight is 359 g/mol. The summed E-state index contributed by atoms with van der Waals surface area (Å²) in [5.41, 5.74) is 1.82. The van der Waals surface area contributed by atoms with Crippen molar-refractivity contribution in [1.29, 1.82) is 0 Å². The molecule has 0 saturated carbocycles. The summed E-state index contributed by atoms with van der Waals surface area (Å²) in [5, 5.41) is 3.43. The quantitative estimate of drug-likeness (QED) is 0.876. The maximum absolute atomic E-state index is 12.6. The summed E-state index contributed by atoms with van der Waals surface area (Å²) < 4.78 is 0. The molecule has 1 fully saturated rings. The molecule has 2 heterocycles. The van der Waals surface area contributed by atoms with E-state index in [9.17, 15) is 4.79 Å². The van der Waals surface area contributed by atoms with Crippen LogP contribution in [0.25, 0.3) is 0 Å². The molecule has 6 heteroatoms. The highest BCUT2D eigenvalue weighted by molar-refractivity contribution is 6.30. The molecule has 1 amide bonds. The molecule has 1 saturated heterocycles. The van der Waals surface area contributed by atoms with Gasteiger partial charge < -0.3 is 10.2 Å². The number of carbonyl (C=O) groups is 1. The fourth-order valence-corrected chi connectivity index (χ4v) is 3.44. The molecule has 132 valence electrons. The van der Waals surface area contributed by atoms with E-state index >= 15 is 0 Å². The average Bonchev–Trinajstić information content (AvgIpc) is 2.61. The van der Waals surface area contributed by atoms with Gasteiger partial charge in [-0.15, -0.1) is 0 Å². The van der Waals surface area contributed by atoms with Gasteiger partial charge in [-0.1, -0.05) is 24.6 Å². The highest BCUT2D eigenvalue weighted by atomic mass is 35.5. The summed E-state index contributed by atoms with van der Waals surface area (Å²) in [6.45, 7) is 5.02. The van der Waals surface area contributed by atoms with Crippen molar-refractivity contribution < 1.29 is 4.79 Å². The highest BCUT2D eigenvalue weighted by Crippen LogP contribution is 2.24. The molecule has 1 aromatic carbocycles. The van der Waals surface area contributed by atoms with E-state index < -0.39 is 0 Å². The number of hydrogen-bond donors (Lipinski definition) is 1. The molecule has 3 rings (SSSR count). The Labute approximate surface area is 153 Å². The zero-order chi connectivity index (χ0) is 17.8. The summed E-state index contributed by atoms with van der Waals surface area (Å²) in [7, 11) is 0. The number of piperidine rings is 1. The molecular weight excluding hydrogens is 336 g/mol. The molecule has 0 spiro atoms. The number of carbonyl (C=O) groups excluding carboxylic acids is 1. The molecule has 0 radical (unpaired) electrons. The first-order valence-electron chi connectivity index (χ1n) is 8.76.